The first-order chi connectivity index (χ1) is 9.10. The lowest BCUT2D eigenvalue weighted by molar-refractivity contribution is 0.0697. The second-order valence-electron chi connectivity index (χ2n) is 4.73. The van der Waals surface area contributed by atoms with E-state index in [1.165, 1.54) is 25.0 Å². The molecule has 1 aromatic carbocycles. The smallest absolute Gasteiger partial charge is 0.335 e. The zero-order chi connectivity index (χ0) is 13.8. The molecule has 1 aromatic rings. The average Bonchev–Trinajstić information content (AvgIpc) is 2.79. The van der Waals surface area contributed by atoms with Crippen LogP contribution in [0.3, 0.4) is 0 Å². The molecule has 2 N–H and O–H groups in total. The minimum atomic E-state index is -0.896. The van der Waals surface area contributed by atoms with Gasteiger partial charge in [-0.3, -0.25) is 0 Å². The topological polar surface area (TPSA) is 49.3 Å². The molecule has 0 saturated heterocycles. The van der Waals surface area contributed by atoms with Crippen molar-refractivity contribution < 1.29 is 9.90 Å². The lowest BCUT2D eigenvalue weighted by Gasteiger charge is -2.16. The molecule has 1 saturated carbocycles. The fraction of sp³-hybridized carbons (Fsp3) is 0.500. The predicted octanol–water partition coefficient (Wildman–Crippen LogP) is 4.23. The van der Waals surface area contributed by atoms with Crippen molar-refractivity contribution in [3.05, 3.63) is 28.2 Å². The summed E-state index contributed by atoms with van der Waals surface area (Å²) in [7, 11) is 0. The molecule has 19 heavy (non-hydrogen) atoms. The van der Waals surface area contributed by atoms with Crippen LogP contribution in [-0.4, -0.2) is 28.1 Å². The molecule has 2 unspecified atom stereocenters. The number of carboxylic acids is 1. The van der Waals surface area contributed by atoms with Crippen LogP contribution in [0.4, 0.5) is 5.69 Å². The highest BCUT2D eigenvalue weighted by molar-refractivity contribution is 9.10. The van der Waals surface area contributed by atoms with Crippen LogP contribution in [0.2, 0.25) is 0 Å². The molecular weight excluding hydrogens is 326 g/mol. The molecule has 1 aliphatic rings. The number of anilines is 1. The monoisotopic (exact) mass is 343 g/mol. The zero-order valence-electron chi connectivity index (χ0n) is 10.9. The molecule has 0 radical (unpaired) electrons. The molecule has 0 heterocycles. The van der Waals surface area contributed by atoms with Crippen molar-refractivity contribution in [2.45, 2.75) is 37.5 Å². The first kappa shape index (κ1) is 14.7. The first-order valence-corrected chi connectivity index (χ1v) is 8.35. The Hall–Kier alpha value is -0.680. The molecule has 5 heteroatoms. The normalized spacial score (nSPS) is 22.4. The van der Waals surface area contributed by atoms with Crippen LogP contribution in [0.15, 0.2) is 22.7 Å². The van der Waals surface area contributed by atoms with E-state index in [0.717, 1.165) is 15.4 Å². The zero-order valence-corrected chi connectivity index (χ0v) is 13.3. The molecule has 0 spiro atoms. The molecule has 0 aromatic heterocycles. The molecule has 2 rings (SSSR count). The number of carboxylic acid groups (broad SMARTS) is 1. The van der Waals surface area contributed by atoms with E-state index in [1.807, 2.05) is 17.8 Å². The summed E-state index contributed by atoms with van der Waals surface area (Å²) in [4.78, 5) is 10.9. The highest BCUT2D eigenvalue weighted by atomic mass is 79.9. The number of thioether (sulfide) groups is 1. The van der Waals surface area contributed by atoms with Crippen LogP contribution >= 0.6 is 27.7 Å². The summed E-state index contributed by atoms with van der Waals surface area (Å²) in [6.45, 7) is 2.20. The van der Waals surface area contributed by atoms with Gasteiger partial charge in [-0.15, -0.1) is 0 Å². The van der Waals surface area contributed by atoms with E-state index in [1.54, 1.807) is 12.1 Å². The van der Waals surface area contributed by atoms with Gasteiger partial charge >= 0.3 is 5.97 Å². The summed E-state index contributed by atoms with van der Waals surface area (Å²) < 4.78 is 0.819. The number of carbonyl (C=O) groups is 1. The van der Waals surface area contributed by atoms with Gasteiger partial charge in [-0.1, -0.05) is 6.92 Å². The number of nitrogens with one attached hydrogen (secondary N) is 1. The van der Waals surface area contributed by atoms with Crippen LogP contribution in [-0.2, 0) is 0 Å². The highest BCUT2D eigenvalue weighted by Crippen LogP contribution is 2.33. The number of halogens is 1. The van der Waals surface area contributed by atoms with E-state index < -0.39 is 5.97 Å². The Morgan fingerprint density at radius 3 is 2.95 bits per heavy atom. The van der Waals surface area contributed by atoms with Crippen LogP contribution in [0.1, 0.15) is 36.5 Å². The lowest BCUT2D eigenvalue weighted by atomic mass is 10.2. The van der Waals surface area contributed by atoms with E-state index in [0.29, 0.717) is 11.6 Å². The Balaban J connectivity index is 1.98. The summed E-state index contributed by atoms with van der Waals surface area (Å²) >= 11 is 5.47. The standard InChI is InChI=1S/C14H18BrNO2S/c1-2-19-11-5-4-10(8-11)16-13-6-3-9(14(17)18)7-12(13)15/h3,6-7,10-11,16H,2,4-5,8H2,1H3,(H,17,18). The fourth-order valence-corrected chi connectivity index (χ4v) is 4.08. The Bertz CT molecular complexity index is 467. The number of hydrogen-bond donors (Lipinski definition) is 2. The van der Waals surface area contributed by atoms with E-state index >= 15 is 0 Å². The molecule has 0 amide bonds. The van der Waals surface area contributed by atoms with Gasteiger partial charge in [0.25, 0.3) is 0 Å². The van der Waals surface area contributed by atoms with Crippen molar-refractivity contribution in [2.24, 2.45) is 0 Å². The Labute approximate surface area is 126 Å². The van der Waals surface area contributed by atoms with Gasteiger partial charge in [-0.05, 0) is 59.1 Å². The van der Waals surface area contributed by atoms with Gasteiger partial charge in [0.05, 0.1) is 5.56 Å². The molecule has 0 bridgehead atoms. The minimum Gasteiger partial charge on any atom is -0.478 e. The second kappa shape index (κ2) is 6.66. The lowest BCUT2D eigenvalue weighted by Crippen LogP contribution is -2.16. The van der Waals surface area contributed by atoms with Crippen LogP contribution < -0.4 is 5.32 Å². The molecule has 0 aliphatic heterocycles. The predicted molar refractivity (Wildman–Crippen MR) is 84.3 cm³/mol. The van der Waals surface area contributed by atoms with Gasteiger partial charge in [0, 0.05) is 21.5 Å². The van der Waals surface area contributed by atoms with Crippen molar-refractivity contribution >= 4 is 39.3 Å². The maximum absolute atomic E-state index is 10.9. The molecule has 1 fully saturated rings. The van der Waals surface area contributed by atoms with Crippen LogP contribution in [0, 0.1) is 0 Å². The fourth-order valence-electron chi connectivity index (χ4n) is 2.44. The molecule has 3 nitrogen and oxygen atoms in total. The third kappa shape index (κ3) is 3.89. The summed E-state index contributed by atoms with van der Waals surface area (Å²) in [5, 5.41) is 13.2. The molecular formula is C14H18BrNO2S. The van der Waals surface area contributed by atoms with Crippen LogP contribution in [0.5, 0.6) is 0 Å². The van der Waals surface area contributed by atoms with Gasteiger partial charge in [0.15, 0.2) is 0 Å². The first-order valence-electron chi connectivity index (χ1n) is 6.51. The maximum Gasteiger partial charge on any atom is 0.335 e. The van der Waals surface area contributed by atoms with Gasteiger partial charge in [0.2, 0.25) is 0 Å². The van der Waals surface area contributed by atoms with Gasteiger partial charge < -0.3 is 10.4 Å². The van der Waals surface area contributed by atoms with Gasteiger partial charge in [-0.25, -0.2) is 4.79 Å². The van der Waals surface area contributed by atoms with Gasteiger partial charge in [-0.2, -0.15) is 11.8 Å². The SMILES string of the molecule is CCSC1CCC(Nc2ccc(C(=O)O)cc2Br)C1. The van der Waals surface area contributed by atoms with E-state index in [2.05, 4.69) is 28.2 Å². The number of hydrogen-bond acceptors (Lipinski definition) is 3. The summed E-state index contributed by atoms with van der Waals surface area (Å²) in [5.74, 6) is 0.279. The summed E-state index contributed by atoms with van der Waals surface area (Å²) in [6, 6.07) is 5.63. The third-order valence-corrected chi connectivity index (χ3v) is 5.25. The van der Waals surface area contributed by atoms with E-state index in [9.17, 15) is 4.79 Å². The highest BCUT2D eigenvalue weighted by Gasteiger charge is 2.24. The molecule has 2 atom stereocenters. The minimum absolute atomic E-state index is 0.309. The van der Waals surface area contributed by atoms with Crippen molar-refractivity contribution in [2.75, 3.05) is 11.1 Å². The van der Waals surface area contributed by atoms with Crippen LogP contribution in [0.25, 0.3) is 0 Å². The quantitative estimate of drug-likeness (QED) is 0.839. The van der Waals surface area contributed by atoms with Crippen molar-refractivity contribution in [3.8, 4) is 0 Å². The molecule has 1 aliphatic carbocycles. The Morgan fingerprint density at radius 1 is 1.53 bits per heavy atom. The second-order valence-corrected chi connectivity index (χ2v) is 7.16. The summed E-state index contributed by atoms with van der Waals surface area (Å²) in [5.41, 5.74) is 1.29. The van der Waals surface area contributed by atoms with Gasteiger partial charge in [0.1, 0.15) is 0 Å². The maximum atomic E-state index is 10.9. The van der Waals surface area contributed by atoms with Crippen molar-refractivity contribution in [3.63, 3.8) is 0 Å². The largest absolute Gasteiger partial charge is 0.478 e. The number of rotatable bonds is 5. The van der Waals surface area contributed by atoms with E-state index in [-0.39, 0.29) is 0 Å². The average molecular weight is 344 g/mol. The third-order valence-electron chi connectivity index (χ3n) is 3.36. The van der Waals surface area contributed by atoms with Crippen molar-refractivity contribution in [1.29, 1.82) is 0 Å². The number of aromatic carboxylic acids is 1. The number of benzene rings is 1. The van der Waals surface area contributed by atoms with Crippen molar-refractivity contribution in [1.82, 2.24) is 0 Å². The Morgan fingerprint density at radius 2 is 2.32 bits per heavy atom. The summed E-state index contributed by atoms with van der Waals surface area (Å²) in [6.07, 6.45) is 3.64. The van der Waals surface area contributed by atoms with E-state index in [4.69, 9.17) is 5.11 Å². The Kier molecular flexibility index (Phi) is 5.16. The molecule has 104 valence electrons.